The highest BCUT2D eigenvalue weighted by Gasteiger charge is 2.35. The first-order chi connectivity index (χ1) is 7.29. The summed E-state index contributed by atoms with van der Waals surface area (Å²) in [6, 6.07) is -1.39. The van der Waals surface area contributed by atoms with Gasteiger partial charge in [-0.05, 0) is 20.3 Å². The standard InChI is InChI=1S/C10H19NO5/c1-4-5-6-16-9(14)11-7(8(12)13)10(2,3)15/h7,15H,4-6H2,1-3H3,(H,11,14)(H,12,13). The third-order valence-corrected chi connectivity index (χ3v) is 1.95. The summed E-state index contributed by atoms with van der Waals surface area (Å²) in [6.07, 6.45) is 0.761. The molecule has 1 unspecified atom stereocenters. The molecule has 0 aliphatic heterocycles. The molecule has 0 saturated heterocycles. The van der Waals surface area contributed by atoms with E-state index < -0.39 is 23.7 Å². The Morgan fingerprint density at radius 3 is 2.38 bits per heavy atom. The highest BCUT2D eigenvalue weighted by atomic mass is 16.5. The molecule has 1 amide bonds. The molecule has 1 atom stereocenters. The number of unbranched alkanes of at least 4 members (excludes halogenated alkanes) is 1. The maximum absolute atomic E-state index is 11.2. The van der Waals surface area contributed by atoms with Gasteiger partial charge in [-0.15, -0.1) is 0 Å². The average molecular weight is 233 g/mol. The van der Waals surface area contributed by atoms with E-state index in [1.54, 1.807) is 0 Å². The largest absolute Gasteiger partial charge is 0.480 e. The number of aliphatic carboxylic acids is 1. The van der Waals surface area contributed by atoms with E-state index in [4.69, 9.17) is 9.84 Å². The third kappa shape index (κ3) is 5.55. The summed E-state index contributed by atoms with van der Waals surface area (Å²) < 4.78 is 4.73. The number of amides is 1. The number of alkyl carbamates (subject to hydrolysis) is 1. The molecule has 0 saturated carbocycles. The van der Waals surface area contributed by atoms with Crippen molar-refractivity contribution in [1.29, 1.82) is 0 Å². The molecule has 0 rings (SSSR count). The van der Waals surface area contributed by atoms with Crippen LogP contribution < -0.4 is 5.32 Å². The van der Waals surface area contributed by atoms with Crippen LogP contribution >= 0.6 is 0 Å². The van der Waals surface area contributed by atoms with Crippen molar-refractivity contribution in [2.45, 2.75) is 45.3 Å². The number of carbonyl (C=O) groups excluding carboxylic acids is 1. The summed E-state index contributed by atoms with van der Waals surface area (Å²) >= 11 is 0. The summed E-state index contributed by atoms with van der Waals surface area (Å²) in [7, 11) is 0. The van der Waals surface area contributed by atoms with E-state index in [0.717, 1.165) is 6.42 Å². The molecular weight excluding hydrogens is 214 g/mol. The molecule has 16 heavy (non-hydrogen) atoms. The van der Waals surface area contributed by atoms with Gasteiger partial charge in [0.25, 0.3) is 0 Å². The number of aliphatic hydroxyl groups is 1. The van der Waals surface area contributed by atoms with Crippen LogP contribution in [0.2, 0.25) is 0 Å². The molecule has 0 heterocycles. The van der Waals surface area contributed by atoms with Gasteiger partial charge in [0.1, 0.15) is 0 Å². The van der Waals surface area contributed by atoms with Crippen molar-refractivity contribution >= 4 is 12.1 Å². The lowest BCUT2D eigenvalue weighted by molar-refractivity contribution is -0.145. The second kappa shape index (κ2) is 6.32. The Morgan fingerprint density at radius 2 is 2.00 bits per heavy atom. The fraction of sp³-hybridized carbons (Fsp3) is 0.800. The maximum Gasteiger partial charge on any atom is 0.407 e. The topological polar surface area (TPSA) is 95.9 Å². The summed E-state index contributed by atoms with van der Waals surface area (Å²) in [5.74, 6) is -1.31. The van der Waals surface area contributed by atoms with Crippen LogP contribution in [0.25, 0.3) is 0 Å². The highest BCUT2D eigenvalue weighted by Crippen LogP contribution is 2.08. The zero-order chi connectivity index (χ0) is 12.8. The quantitative estimate of drug-likeness (QED) is 0.588. The Morgan fingerprint density at radius 1 is 1.44 bits per heavy atom. The minimum Gasteiger partial charge on any atom is -0.480 e. The lowest BCUT2D eigenvalue weighted by Crippen LogP contribution is -2.54. The lowest BCUT2D eigenvalue weighted by atomic mass is 9.99. The summed E-state index contributed by atoms with van der Waals surface area (Å²) in [4.78, 5) is 22.0. The van der Waals surface area contributed by atoms with Crippen molar-refractivity contribution in [3.63, 3.8) is 0 Å². The molecule has 0 aromatic rings. The molecule has 0 aromatic heterocycles. The Kier molecular flexibility index (Phi) is 5.81. The van der Waals surface area contributed by atoms with Crippen LogP contribution in [0.1, 0.15) is 33.6 Å². The Balaban J connectivity index is 4.21. The fourth-order valence-corrected chi connectivity index (χ4v) is 1.01. The first-order valence-corrected chi connectivity index (χ1v) is 5.17. The number of hydrogen-bond acceptors (Lipinski definition) is 4. The number of rotatable bonds is 6. The predicted molar refractivity (Wildman–Crippen MR) is 57.1 cm³/mol. The van der Waals surface area contributed by atoms with Crippen LogP contribution in [0.4, 0.5) is 4.79 Å². The summed E-state index contributed by atoms with van der Waals surface area (Å²) in [6.45, 7) is 4.79. The number of carbonyl (C=O) groups is 2. The van der Waals surface area contributed by atoms with E-state index in [9.17, 15) is 14.7 Å². The lowest BCUT2D eigenvalue weighted by Gasteiger charge is -2.25. The van der Waals surface area contributed by atoms with E-state index >= 15 is 0 Å². The Labute approximate surface area is 94.6 Å². The van der Waals surface area contributed by atoms with Gasteiger partial charge in [0.2, 0.25) is 0 Å². The predicted octanol–water partition coefficient (Wildman–Crippen LogP) is 0.737. The van der Waals surface area contributed by atoms with Gasteiger partial charge >= 0.3 is 12.1 Å². The fourth-order valence-electron chi connectivity index (χ4n) is 1.01. The van der Waals surface area contributed by atoms with Crippen LogP contribution in [0.5, 0.6) is 0 Å². The number of carboxylic acids is 1. The Bertz CT molecular complexity index is 246. The number of hydrogen-bond donors (Lipinski definition) is 3. The molecule has 3 N–H and O–H groups in total. The highest BCUT2D eigenvalue weighted by molar-refractivity contribution is 5.81. The van der Waals surface area contributed by atoms with Gasteiger partial charge in [-0.3, -0.25) is 0 Å². The average Bonchev–Trinajstić information content (AvgIpc) is 2.12. The van der Waals surface area contributed by atoms with Crippen molar-refractivity contribution in [2.24, 2.45) is 0 Å². The van der Waals surface area contributed by atoms with Crippen LogP contribution in [0.15, 0.2) is 0 Å². The van der Waals surface area contributed by atoms with Gasteiger partial charge < -0.3 is 20.3 Å². The SMILES string of the molecule is CCCCOC(=O)NC(C(=O)O)C(C)(C)O. The molecule has 0 aliphatic carbocycles. The molecule has 94 valence electrons. The first kappa shape index (κ1) is 14.7. The van der Waals surface area contributed by atoms with Crippen molar-refractivity contribution < 1.29 is 24.5 Å². The zero-order valence-electron chi connectivity index (χ0n) is 9.82. The minimum absolute atomic E-state index is 0.237. The molecule has 6 heteroatoms. The number of carboxylic acid groups (broad SMARTS) is 1. The summed E-state index contributed by atoms with van der Waals surface area (Å²) in [5.41, 5.74) is -1.55. The molecule has 0 bridgehead atoms. The number of ether oxygens (including phenoxy) is 1. The van der Waals surface area contributed by atoms with E-state index in [-0.39, 0.29) is 6.61 Å². The maximum atomic E-state index is 11.2. The number of nitrogens with one attached hydrogen (secondary N) is 1. The normalized spacial score (nSPS) is 13.0. The van der Waals surface area contributed by atoms with Gasteiger partial charge in [0, 0.05) is 0 Å². The molecule has 0 spiro atoms. The van der Waals surface area contributed by atoms with Gasteiger partial charge in [0.05, 0.1) is 12.2 Å². The van der Waals surface area contributed by atoms with Crippen LogP contribution in [-0.2, 0) is 9.53 Å². The molecule has 0 fully saturated rings. The zero-order valence-corrected chi connectivity index (χ0v) is 9.82. The van der Waals surface area contributed by atoms with Gasteiger partial charge in [0.15, 0.2) is 6.04 Å². The van der Waals surface area contributed by atoms with Crippen LogP contribution in [0, 0.1) is 0 Å². The second-order valence-corrected chi connectivity index (χ2v) is 4.06. The third-order valence-electron chi connectivity index (χ3n) is 1.95. The molecule has 0 aliphatic rings. The van der Waals surface area contributed by atoms with Crippen LogP contribution in [0.3, 0.4) is 0 Å². The van der Waals surface area contributed by atoms with Gasteiger partial charge in [-0.1, -0.05) is 13.3 Å². The first-order valence-electron chi connectivity index (χ1n) is 5.17. The molecule has 0 radical (unpaired) electrons. The van der Waals surface area contributed by atoms with E-state index in [2.05, 4.69) is 5.32 Å². The van der Waals surface area contributed by atoms with E-state index in [1.165, 1.54) is 13.8 Å². The summed E-state index contributed by atoms with van der Waals surface area (Å²) in [5, 5.41) is 20.4. The Hall–Kier alpha value is -1.30. The van der Waals surface area contributed by atoms with Crippen molar-refractivity contribution in [2.75, 3.05) is 6.61 Å². The monoisotopic (exact) mass is 233 g/mol. The van der Waals surface area contributed by atoms with E-state index in [1.807, 2.05) is 6.92 Å². The minimum atomic E-state index is -1.55. The molecule has 0 aromatic carbocycles. The molecular formula is C10H19NO5. The van der Waals surface area contributed by atoms with Gasteiger partial charge in [-0.25, -0.2) is 9.59 Å². The molecule has 6 nitrogen and oxygen atoms in total. The van der Waals surface area contributed by atoms with Crippen molar-refractivity contribution in [1.82, 2.24) is 5.32 Å². The van der Waals surface area contributed by atoms with Crippen molar-refractivity contribution in [3.05, 3.63) is 0 Å². The smallest absolute Gasteiger partial charge is 0.407 e. The van der Waals surface area contributed by atoms with E-state index in [0.29, 0.717) is 6.42 Å². The second-order valence-electron chi connectivity index (χ2n) is 4.06. The van der Waals surface area contributed by atoms with Crippen molar-refractivity contribution in [3.8, 4) is 0 Å². The van der Waals surface area contributed by atoms with Gasteiger partial charge in [-0.2, -0.15) is 0 Å². The van der Waals surface area contributed by atoms with Crippen LogP contribution in [-0.4, -0.2) is 40.5 Å².